The lowest BCUT2D eigenvalue weighted by Gasteiger charge is -2.22. The smallest absolute Gasteiger partial charge is 0.123 e. The van der Waals surface area contributed by atoms with Crippen LogP contribution in [-0.4, -0.2) is 18.7 Å². The van der Waals surface area contributed by atoms with E-state index in [4.69, 9.17) is 4.74 Å². The van der Waals surface area contributed by atoms with Crippen molar-refractivity contribution in [2.75, 3.05) is 6.54 Å². The molecule has 0 saturated carbocycles. The zero-order chi connectivity index (χ0) is 12.8. The molecule has 2 heteroatoms. The number of para-hydroxylation sites is 1. The molecule has 18 heavy (non-hydrogen) atoms. The van der Waals surface area contributed by atoms with Crippen LogP contribution in [0.4, 0.5) is 0 Å². The molecule has 2 nitrogen and oxygen atoms in total. The van der Waals surface area contributed by atoms with Gasteiger partial charge in [0.2, 0.25) is 0 Å². The van der Waals surface area contributed by atoms with E-state index < -0.39 is 0 Å². The van der Waals surface area contributed by atoms with Crippen molar-refractivity contribution in [1.82, 2.24) is 5.32 Å². The third-order valence-corrected chi connectivity index (χ3v) is 3.28. The van der Waals surface area contributed by atoms with Crippen LogP contribution in [0.25, 0.3) is 0 Å². The quantitative estimate of drug-likeness (QED) is 0.803. The first kappa shape index (κ1) is 13.0. The van der Waals surface area contributed by atoms with Gasteiger partial charge in [-0.15, -0.1) is 11.8 Å². The minimum absolute atomic E-state index is 0.217. The number of rotatable bonds is 5. The molecule has 0 bridgehead atoms. The lowest BCUT2D eigenvalue weighted by Crippen LogP contribution is -2.42. The summed E-state index contributed by atoms with van der Waals surface area (Å²) in [7, 11) is 0. The van der Waals surface area contributed by atoms with E-state index in [9.17, 15) is 0 Å². The van der Waals surface area contributed by atoms with E-state index in [0.717, 1.165) is 31.6 Å². The van der Waals surface area contributed by atoms with E-state index in [1.807, 2.05) is 13.0 Å². The van der Waals surface area contributed by atoms with Gasteiger partial charge in [-0.1, -0.05) is 25.1 Å². The lowest BCUT2D eigenvalue weighted by molar-refractivity contribution is 0.179. The molecule has 2 unspecified atom stereocenters. The lowest BCUT2D eigenvalue weighted by atomic mass is 10.0. The summed E-state index contributed by atoms with van der Waals surface area (Å²) < 4.78 is 6.03. The summed E-state index contributed by atoms with van der Waals surface area (Å²) in [5.41, 5.74) is 1.32. The van der Waals surface area contributed by atoms with E-state index in [2.05, 4.69) is 42.3 Å². The first-order valence-electron chi connectivity index (χ1n) is 6.72. The second-order valence-electron chi connectivity index (χ2n) is 4.66. The summed E-state index contributed by atoms with van der Waals surface area (Å²) in [6.45, 7) is 5.09. The van der Waals surface area contributed by atoms with Gasteiger partial charge in [0.15, 0.2) is 0 Å². The molecular weight excluding hydrogens is 222 g/mol. The average molecular weight is 243 g/mol. The van der Waals surface area contributed by atoms with Gasteiger partial charge >= 0.3 is 0 Å². The van der Waals surface area contributed by atoms with Crippen LogP contribution in [0.1, 0.15) is 32.3 Å². The molecule has 1 N–H and O–H groups in total. The van der Waals surface area contributed by atoms with Gasteiger partial charge in [0.05, 0.1) is 6.04 Å². The van der Waals surface area contributed by atoms with Crippen LogP contribution in [0.2, 0.25) is 0 Å². The first-order valence-corrected chi connectivity index (χ1v) is 6.72. The zero-order valence-electron chi connectivity index (χ0n) is 11.2. The molecule has 0 radical (unpaired) electrons. The van der Waals surface area contributed by atoms with Crippen molar-refractivity contribution in [3.8, 4) is 17.6 Å². The molecule has 96 valence electrons. The molecule has 0 aromatic heterocycles. The number of hydrogen-bond acceptors (Lipinski definition) is 2. The maximum Gasteiger partial charge on any atom is 0.123 e. The largest absolute Gasteiger partial charge is 0.488 e. The fourth-order valence-corrected chi connectivity index (χ4v) is 2.31. The van der Waals surface area contributed by atoms with Crippen molar-refractivity contribution in [2.45, 2.75) is 45.3 Å². The van der Waals surface area contributed by atoms with Crippen molar-refractivity contribution < 1.29 is 4.74 Å². The third-order valence-electron chi connectivity index (χ3n) is 3.28. The van der Waals surface area contributed by atoms with Gasteiger partial charge in [-0.2, -0.15) is 0 Å². The maximum atomic E-state index is 6.03. The summed E-state index contributed by atoms with van der Waals surface area (Å²) >= 11 is 0. The molecule has 0 fully saturated rings. The highest BCUT2D eigenvalue weighted by atomic mass is 16.5. The fraction of sp³-hybridized carbons (Fsp3) is 0.500. The van der Waals surface area contributed by atoms with Gasteiger partial charge in [0.25, 0.3) is 0 Å². The minimum atomic E-state index is 0.217. The Morgan fingerprint density at radius 1 is 1.44 bits per heavy atom. The van der Waals surface area contributed by atoms with Gasteiger partial charge in [0.1, 0.15) is 11.9 Å². The van der Waals surface area contributed by atoms with Crippen molar-refractivity contribution in [3.05, 3.63) is 29.8 Å². The predicted octanol–water partition coefficient (Wildman–Crippen LogP) is 2.77. The molecule has 2 atom stereocenters. The van der Waals surface area contributed by atoms with E-state index in [-0.39, 0.29) is 6.10 Å². The van der Waals surface area contributed by atoms with Gasteiger partial charge in [-0.25, -0.2) is 0 Å². The highest BCUT2D eigenvalue weighted by Crippen LogP contribution is 2.30. The van der Waals surface area contributed by atoms with Gasteiger partial charge < -0.3 is 10.1 Å². The topological polar surface area (TPSA) is 21.3 Å². The van der Waals surface area contributed by atoms with Gasteiger partial charge in [-0.3, -0.25) is 0 Å². The van der Waals surface area contributed by atoms with Crippen molar-refractivity contribution in [2.24, 2.45) is 0 Å². The standard InChI is InChI=1S/C16H21NO/c1-3-5-9-14(17-11-4-2)16-12-13-8-6-7-10-15(13)18-16/h6-8,10,14,16-17H,4,9,11-12H2,1-2H3. The Balaban J connectivity index is 2.01. The van der Waals surface area contributed by atoms with Crippen molar-refractivity contribution >= 4 is 0 Å². The Hall–Kier alpha value is -1.46. The Morgan fingerprint density at radius 2 is 2.28 bits per heavy atom. The normalized spacial score (nSPS) is 18.4. The van der Waals surface area contributed by atoms with Crippen molar-refractivity contribution in [3.63, 3.8) is 0 Å². The number of nitrogens with one attached hydrogen (secondary N) is 1. The molecule has 0 saturated heterocycles. The summed E-state index contributed by atoms with van der Waals surface area (Å²) in [6.07, 6.45) is 3.20. The molecule has 2 rings (SSSR count). The van der Waals surface area contributed by atoms with Crippen LogP contribution in [-0.2, 0) is 6.42 Å². The van der Waals surface area contributed by atoms with E-state index >= 15 is 0 Å². The molecule has 1 heterocycles. The predicted molar refractivity (Wildman–Crippen MR) is 74.7 cm³/mol. The monoisotopic (exact) mass is 243 g/mol. The van der Waals surface area contributed by atoms with Gasteiger partial charge in [-0.05, 0) is 31.5 Å². The summed E-state index contributed by atoms with van der Waals surface area (Å²) in [5, 5.41) is 3.55. The molecule has 0 spiro atoms. The average Bonchev–Trinajstić information content (AvgIpc) is 2.82. The van der Waals surface area contributed by atoms with E-state index in [0.29, 0.717) is 6.04 Å². The van der Waals surface area contributed by atoms with Crippen LogP contribution in [0.15, 0.2) is 24.3 Å². The summed E-state index contributed by atoms with van der Waals surface area (Å²) in [5.74, 6) is 7.18. The van der Waals surface area contributed by atoms with Crippen LogP contribution >= 0.6 is 0 Å². The Kier molecular flexibility index (Phi) is 4.66. The molecule has 1 aromatic rings. The van der Waals surface area contributed by atoms with Gasteiger partial charge in [0, 0.05) is 12.8 Å². The second kappa shape index (κ2) is 6.47. The van der Waals surface area contributed by atoms with Crippen LogP contribution < -0.4 is 10.1 Å². The highest BCUT2D eigenvalue weighted by molar-refractivity contribution is 5.37. The number of ether oxygens (including phenoxy) is 1. The Morgan fingerprint density at radius 3 is 3.00 bits per heavy atom. The second-order valence-corrected chi connectivity index (χ2v) is 4.66. The van der Waals surface area contributed by atoms with E-state index in [1.165, 1.54) is 5.56 Å². The molecule has 0 aliphatic carbocycles. The Labute approximate surface area is 110 Å². The first-order chi connectivity index (χ1) is 8.85. The van der Waals surface area contributed by atoms with Crippen LogP contribution in [0, 0.1) is 11.8 Å². The Bertz CT molecular complexity index is 419. The molecule has 1 aliphatic rings. The molecule has 0 amide bonds. The van der Waals surface area contributed by atoms with Crippen LogP contribution in [0.3, 0.4) is 0 Å². The zero-order valence-corrected chi connectivity index (χ0v) is 11.2. The fourth-order valence-electron chi connectivity index (χ4n) is 2.31. The molecule has 1 aliphatic heterocycles. The molecule has 1 aromatic carbocycles. The SMILES string of the molecule is CC#CCC(NCCC)C1Cc2ccccc2O1. The molecular formula is C16H21NO. The summed E-state index contributed by atoms with van der Waals surface area (Å²) in [6, 6.07) is 8.63. The summed E-state index contributed by atoms with van der Waals surface area (Å²) in [4.78, 5) is 0. The highest BCUT2D eigenvalue weighted by Gasteiger charge is 2.29. The van der Waals surface area contributed by atoms with Crippen molar-refractivity contribution in [1.29, 1.82) is 0 Å². The number of benzene rings is 1. The maximum absolute atomic E-state index is 6.03. The number of fused-ring (bicyclic) bond motifs is 1. The number of hydrogen-bond donors (Lipinski definition) is 1. The van der Waals surface area contributed by atoms with E-state index in [1.54, 1.807) is 0 Å². The van der Waals surface area contributed by atoms with Crippen LogP contribution in [0.5, 0.6) is 5.75 Å². The third kappa shape index (κ3) is 3.05. The minimum Gasteiger partial charge on any atom is -0.488 e.